The molecule has 0 fully saturated rings. The first-order valence-corrected chi connectivity index (χ1v) is 11.8. The van der Waals surface area contributed by atoms with Crippen LogP contribution < -0.4 is 15.2 Å². The molecule has 2 aliphatic carbocycles. The molecule has 0 bridgehead atoms. The molecule has 0 radical (unpaired) electrons. The van der Waals surface area contributed by atoms with Crippen molar-refractivity contribution < 1.29 is 19.1 Å². The third-order valence-electron chi connectivity index (χ3n) is 7.35. The van der Waals surface area contributed by atoms with Gasteiger partial charge in [0.25, 0.3) is 0 Å². The van der Waals surface area contributed by atoms with Gasteiger partial charge in [0.15, 0.2) is 0 Å². The summed E-state index contributed by atoms with van der Waals surface area (Å²) in [7, 11) is 0. The highest BCUT2D eigenvalue weighted by molar-refractivity contribution is 5.77. The average molecular weight is 434 g/mol. The van der Waals surface area contributed by atoms with Gasteiger partial charge in [-0.3, -0.25) is 4.79 Å². The second-order valence-corrected chi connectivity index (χ2v) is 9.47. The highest BCUT2D eigenvalue weighted by atomic mass is 16.5. The van der Waals surface area contributed by atoms with Gasteiger partial charge in [0, 0.05) is 36.8 Å². The van der Waals surface area contributed by atoms with E-state index in [0.29, 0.717) is 30.5 Å². The zero-order valence-electron chi connectivity index (χ0n) is 18.7. The van der Waals surface area contributed by atoms with Crippen LogP contribution in [0.15, 0.2) is 24.3 Å². The quantitative estimate of drug-likeness (QED) is 0.785. The number of hydrogen-bond acceptors (Lipinski definition) is 4. The van der Waals surface area contributed by atoms with Crippen LogP contribution in [-0.4, -0.2) is 24.9 Å². The summed E-state index contributed by atoms with van der Waals surface area (Å²) in [4.78, 5) is 22.3. The van der Waals surface area contributed by atoms with Gasteiger partial charge in [-0.2, -0.15) is 0 Å². The fourth-order valence-corrected chi connectivity index (χ4v) is 6.10. The second kappa shape index (κ2) is 8.61. The van der Waals surface area contributed by atoms with Gasteiger partial charge in [0.05, 0.1) is 13.2 Å². The summed E-state index contributed by atoms with van der Waals surface area (Å²) in [5.74, 6) is 2.93. The van der Waals surface area contributed by atoms with Crippen molar-refractivity contribution in [1.82, 2.24) is 0 Å². The molecule has 4 aliphatic rings. The Kier molecular flexibility index (Phi) is 5.66. The van der Waals surface area contributed by atoms with E-state index in [9.17, 15) is 9.59 Å². The molecule has 5 heteroatoms. The summed E-state index contributed by atoms with van der Waals surface area (Å²) in [6, 6.07) is 8.48. The molecule has 2 aromatic carbocycles. The van der Waals surface area contributed by atoms with E-state index in [1.165, 1.54) is 33.4 Å². The smallest absolute Gasteiger partial charge is 0.218 e. The van der Waals surface area contributed by atoms with Crippen molar-refractivity contribution in [3.05, 3.63) is 57.6 Å². The maximum Gasteiger partial charge on any atom is 0.218 e. The van der Waals surface area contributed by atoms with Crippen molar-refractivity contribution in [3.8, 4) is 11.5 Å². The fraction of sp³-hybridized carbons (Fsp3) is 0.481. The van der Waals surface area contributed by atoms with Crippen molar-refractivity contribution >= 4 is 11.7 Å². The Morgan fingerprint density at radius 2 is 1.31 bits per heavy atom. The van der Waals surface area contributed by atoms with Crippen molar-refractivity contribution in [1.29, 1.82) is 0 Å². The Morgan fingerprint density at radius 1 is 0.812 bits per heavy atom. The van der Waals surface area contributed by atoms with Crippen LogP contribution in [0.2, 0.25) is 0 Å². The van der Waals surface area contributed by atoms with Gasteiger partial charge in [-0.15, -0.1) is 0 Å². The molecule has 2 aliphatic heterocycles. The Labute approximate surface area is 189 Å². The topological polar surface area (TPSA) is 78.6 Å². The molecule has 2 heterocycles. The van der Waals surface area contributed by atoms with E-state index in [0.717, 1.165) is 63.2 Å². The van der Waals surface area contributed by atoms with E-state index < -0.39 is 0 Å². The van der Waals surface area contributed by atoms with Gasteiger partial charge in [0.1, 0.15) is 17.3 Å². The number of fused-ring (bicyclic) bond motifs is 6. The van der Waals surface area contributed by atoms with E-state index in [-0.39, 0.29) is 5.91 Å². The maximum atomic E-state index is 11.3. The Bertz CT molecular complexity index is 988. The van der Waals surface area contributed by atoms with Crippen LogP contribution in [0.1, 0.15) is 77.8 Å². The summed E-state index contributed by atoms with van der Waals surface area (Å²) in [5.41, 5.74) is 13.6. The number of hydrogen-bond donors (Lipinski definition) is 1. The molecule has 0 saturated carbocycles. The van der Waals surface area contributed by atoms with Crippen LogP contribution in [0.5, 0.6) is 11.5 Å². The van der Waals surface area contributed by atoms with E-state index in [1.54, 1.807) is 6.92 Å². The molecule has 2 atom stereocenters. The lowest BCUT2D eigenvalue weighted by atomic mass is 9.91. The molecule has 5 nitrogen and oxygen atoms in total. The summed E-state index contributed by atoms with van der Waals surface area (Å²) in [6.07, 6.45) is 7.55. The number of primary amides is 1. The Morgan fingerprint density at radius 3 is 1.78 bits per heavy atom. The van der Waals surface area contributed by atoms with Crippen molar-refractivity contribution in [2.45, 2.75) is 70.1 Å². The third kappa shape index (κ3) is 3.89. The number of carbonyl (C=O) groups excluding carboxylic acids is 2. The van der Waals surface area contributed by atoms with Crippen LogP contribution in [0.3, 0.4) is 0 Å². The van der Waals surface area contributed by atoms with E-state index in [4.69, 9.17) is 15.2 Å². The van der Waals surface area contributed by atoms with Crippen molar-refractivity contribution in [3.63, 3.8) is 0 Å². The first-order chi connectivity index (χ1) is 15.5. The number of nitrogens with two attached hydrogens (primary N) is 1. The van der Waals surface area contributed by atoms with Gasteiger partial charge in [0.2, 0.25) is 5.91 Å². The van der Waals surface area contributed by atoms with Crippen molar-refractivity contribution in [2.24, 2.45) is 5.73 Å². The minimum Gasteiger partial charge on any atom is -0.493 e. The Hall–Kier alpha value is -2.82. The SMILES string of the molecule is CC(=O)CC1CCc2ccc3c(c21)CCO3.NC(=O)CC1CCc2ccc3c(c21)CCO3. The number of Topliss-reactive ketones (excluding diaryl/α,β-unsaturated/α-hetero) is 1. The molecule has 2 unspecified atom stereocenters. The molecule has 32 heavy (non-hydrogen) atoms. The first-order valence-electron chi connectivity index (χ1n) is 11.8. The van der Waals surface area contributed by atoms with Crippen LogP contribution in [0, 0.1) is 0 Å². The van der Waals surface area contributed by atoms with Gasteiger partial charge >= 0.3 is 0 Å². The monoisotopic (exact) mass is 433 g/mol. The molecule has 168 valence electrons. The molecule has 0 spiro atoms. The predicted molar refractivity (Wildman–Crippen MR) is 123 cm³/mol. The molecular weight excluding hydrogens is 402 g/mol. The summed E-state index contributed by atoms with van der Waals surface area (Å²) < 4.78 is 11.2. The van der Waals surface area contributed by atoms with Crippen LogP contribution in [0.4, 0.5) is 0 Å². The number of ether oxygens (including phenoxy) is 2. The minimum absolute atomic E-state index is 0.200. The third-order valence-corrected chi connectivity index (χ3v) is 7.35. The molecule has 2 N–H and O–H groups in total. The van der Waals surface area contributed by atoms with E-state index in [1.807, 2.05) is 0 Å². The fourth-order valence-electron chi connectivity index (χ4n) is 6.10. The lowest BCUT2D eigenvalue weighted by molar-refractivity contribution is -0.118. The molecular formula is C27H31NO4. The van der Waals surface area contributed by atoms with Gasteiger partial charge in [-0.25, -0.2) is 0 Å². The normalized spacial score (nSPS) is 21.4. The molecule has 0 saturated heterocycles. The number of benzene rings is 2. The van der Waals surface area contributed by atoms with Gasteiger partial charge in [-0.1, -0.05) is 12.1 Å². The van der Waals surface area contributed by atoms with Crippen molar-refractivity contribution in [2.75, 3.05) is 13.2 Å². The number of rotatable bonds is 4. The molecule has 6 rings (SSSR count). The molecule has 0 aromatic heterocycles. The zero-order valence-corrected chi connectivity index (χ0v) is 18.7. The van der Waals surface area contributed by atoms with Gasteiger partial charge < -0.3 is 20.0 Å². The summed E-state index contributed by atoms with van der Waals surface area (Å²) >= 11 is 0. The number of amides is 1. The van der Waals surface area contributed by atoms with Crippen LogP contribution >= 0.6 is 0 Å². The van der Waals surface area contributed by atoms with E-state index >= 15 is 0 Å². The highest BCUT2D eigenvalue weighted by Gasteiger charge is 2.31. The number of ketones is 1. The largest absolute Gasteiger partial charge is 0.493 e. The van der Waals surface area contributed by atoms with Gasteiger partial charge in [-0.05, 0) is 78.8 Å². The minimum atomic E-state index is -0.200. The predicted octanol–water partition coefficient (Wildman–Crippen LogP) is 4.16. The lowest BCUT2D eigenvalue weighted by Crippen LogP contribution is -2.14. The standard InChI is InChI=1S/C14H16O2.C13H15NO2/c1-9(15)8-11-3-2-10-4-5-13-12(14(10)11)6-7-16-13;14-12(15)7-9-2-1-8-3-4-11-10(13(8)9)5-6-16-11/h4-5,11H,2-3,6-8H2,1H3;3-4,9H,1-2,5-7H2,(H2,14,15). The zero-order chi connectivity index (χ0) is 22.2. The van der Waals surface area contributed by atoms with E-state index in [2.05, 4.69) is 24.3 Å². The molecule has 1 amide bonds. The van der Waals surface area contributed by atoms with Crippen LogP contribution in [0.25, 0.3) is 0 Å². The Balaban J connectivity index is 0.000000135. The first kappa shape index (κ1) is 21.0. The number of aryl methyl sites for hydroxylation is 2. The highest BCUT2D eigenvalue weighted by Crippen LogP contribution is 2.44. The maximum absolute atomic E-state index is 11.3. The lowest BCUT2D eigenvalue weighted by Gasteiger charge is -2.13. The summed E-state index contributed by atoms with van der Waals surface area (Å²) in [5, 5.41) is 0. The number of carbonyl (C=O) groups is 2. The van der Waals surface area contributed by atoms with Crippen LogP contribution in [-0.2, 0) is 35.3 Å². The summed E-state index contributed by atoms with van der Waals surface area (Å²) in [6.45, 7) is 3.27. The second-order valence-electron chi connectivity index (χ2n) is 9.47. The average Bonchev–Trinajstić information content (AvgIpc) is 3.52. The molecule has 2 aromatic rings.